The molecule has 1 aliphatic carbocycles. The molecule has 0 unspecified atom stereocenters. The summed E-state index contributed by atoms with van der Waals surface area (Å²) in [6, 6.07) is 3.23. The van der Waals surface area contributed by atoms with E-state index < -0.39 is 0 Å². The summed E-state index contributed by atoms with van der Waals surface area (Å²) in [6.45, 7) is 3.41. The molecule has 116 valence electrons. The maximum absolute atomic E-state index is 11.6. The Morgan fingerprint density at radius 3 is 2.95 bits per heavy atom. The van der Waals surface area contributed by atoms with Crippen LogP contribution < -0.4 is 5.56 Å². The number of fused-ring (bicyclic) bond motifs is 1. The van der Waals surface area contributed by atoms with E-state index in [0.717, 1.165) is 44.1 Å². The predicted molar refractivity (Wildman–Crippen MR) is 80.4 cm³/mol. The topological polar surface area (TPSA) is 64.2 Å². The Hall–Kier alpha value is -1.95. The molecule has 3 heterocycles. The Morgan fingerprint density at radius 1 is 1.27 bits per heavy atom. The van der Waals surface area contributed by atoms with Crippen LogP contribution in [0.15, 0.2) is 27.5 Å². The van der Waals surface area contributed by atoms with Crippen molar-refractivity contribution in [1.29, 1.82) is 0 Å². The van der Waals surface area contributed by atoms with Gasteiger partial charge in [-0.1, -0.05) is 0 Å². The van der Waals surface area contributed by atoms with Crippen molar-refractivity contribution in [2.24, 2.45) is 5.92 Å². The first-order valence-electron chi connectivity index (χ1n) is 8.00. The minimum Gasteiger partial charge on any atom is -0.444 e. The van der Waals surface area contributed by atoms with Crippen LogP contribution in [0, 0.1) is 5.92 Å². The van der Waals surface area contributed by atoms with Gasteiger partial charge in [0, 0.05) is 37.7 Å². The Balaban J connectivity index is 1.31. The van der Waals surface area contributed by atoms with Crippen LogP contribution in [0.4, 0.5) is 0 Å². The summed E-state index contributed by atoms with van der Waals surface area (Å²) in [4.78, 5) is 18.6. The summed E-state index contributed by atoms with van der Waals surface area (Å²) in [5, 5.41) is 4.11. The number of likely N-dealkylation sites (tertiary alicyclic amines) is 1. The molecule has 0 spiro atoms. The van der Waals surface area contributed by atoms with Crippen molar-refractivity contribution in [3.63, 3.8) is 0 Å². The average molecular weight is 300 g/mol. The first-order valence-corrected chi connectivity index (χ1v) is 8.00. The van der Waals surface area contributed by atoms with Gasteiger partial charge in [0.2, 0.25) is 5.89 Å². The molecule has 0 radical (unpaired) electrons. The number of rotatable bonds is 4. The highest BCUT2D eigenvalue weighted by molar-refractivity contribution is 5.13. The molecule has 4 rings (SSSR count). The maximum atomic E-state index is 11.6. The lowest BCUT2D eigenvalue weighted by Crippen LogP contribution is -2.48. The van der Waals surface area contributed by atoms with E-state index >= 15 is 0 Å². The third-order valence-corrected chi connectivity index (χ3v) is 4.50. The average Bonchev–Trinajstić information content (AvgIpc) is 2.89. The molecule has 22 heavy (non-hydrogen) atoms. The summed E-state index contributed by atoms with van der Waals surface area (Å²) in [5.41, 5.74) is 1.14. The number of hydrogen-bond acceptors (Lipinski definition) is 5. The van der Waals surface area contributed by atoms with Crippen molar-refractivity contribution in [1.82, 2.24) is 19.7 Å². The smallest absolute Gasteiger partial charge is 0.266 e. The van der Waals surface area contributed by atoms with Gasteiger partial charge in [-0.05, 0) is 25.3 Å². The monoisotopic (exact) mass is 300 g/mol. The highest BCUT2D eigenvalue weighted by Gasteiger charge is 2.29. The summed E-state index contributed by atoms with van der Waals surface area (Å²) >= 11 is 0. The summed E-state index contributed by atoms with van der Waals surface area (Å²) in [5.74, 6) is 2.43. The fourth-order valence-electron chi connectivity index (χ4n) is 3.35. The highest BCUT2D eigenvalue weighted by Crippen LogP contribution is 2.24. The number of nitrogens with zero attached hydrogens (tertiary/aromatic N) is 4. The van der Waals surface area contributed by atoms with E-state index in [4.69, 9.17) is 4.42 Å². The quantitative estimate of drug-likeness (QED) is 0.850. The molecule has 6 nitrogen and oxygen atoms in total. The van der Waals surface area contributed by atoms with E-state index in [1.165, 1.54) is 18.5 Å². The predicted octanol–water partition coefficient (Wildman–Crippen LogP) is 1.24. The molecule has 1 aliphatic heterocycles. The third kappa shape index (κ3) is 2.70. The molecule has 0 saturated carbocycles. The molecule has 1 fully saturated rings. The van der Waals surface area contributed by atoms with Crippen molar-refractivity contribution in [3.8, 4) is 0 Å². The Labute approximate surface area is 128 Å². The minimum absolute atomic E-state index is 0.0265. The maximum Gasteiger partial charge on any atom is 0.266 e. The molecule has 0 N–H and O–H groups in total. The zero-order valence-corrected chi connectivity index (χ0v) is 12.6. The Bertz CT molecular complexity index is 691. The molecular weight excluding hydrogens is 280 g/mol. The SMILES string of the molecule is O=c1cccnn1CC1CN(Cc2nc3c(o2)CCCC3)C1. The third-order valence-electron chi connectivity index (χ3n) is 4.50. The molecule has 2 aromatic rings. The second-order valence-electron chi connectivity index (χ2n) is 6.29. The standard InChI is InChI=1S/C16H20N4O2/c21-16-6-3-7-17-20(16)10-12-8-19(9-12)11-15-18-13-4-1-2-5-14(13)22-15/h3,6-7,12H,1-2,4-5,8-11H2. The van der Waals surface area contributed by atoms with E-state index in [1.807, 2.05) is 0 Å². The zero-order chi connectivity index (χ0) is 14.9. The second kappa shape index (κ2) is 5.68. The summed E-state index contributed by atoms with van der Waals surface area (Å²) < 4.78 is 7.41. The molecule has 1 saturated heterocycles. The van der Waals surface area contributed by atoms with Crippen molar-refractivity contribution in [2.45, 2.75) is 38.8 Å². The summed E-state index contributed by atoms with van der Waals surface area (Å²) in [6.07, 6.45) is 6.20. The van der Waals surface area contributed by atoms with Crippen LogP contribution in [0.3, 0.4) is 0 Å². The fourth-order valence-corrected chi connectivity index (χ4v) is 3.35. The van der Waals surface area contributed by atoms with E-state index in [1.54, 1.807) is 23.0 Å². The van der Waals surface area contributed by atoms with Crippen molar-refractivity contribution < 1.29 is 4.42 Å². The van der Waals surface area contributed by atoms with Gasteiger partial charge in [0.15, 0.2) is 0 Å². The van der Waals surface area contributed by atoms with Gasteiger partial charge in [-0.25, -0.2) is 9.67 Å². The van der Waals surface area contributed by atoms with Crippen LogP contribution in [-0.2, 0) is 25.9 Å². The first-order chi connectivity index (χ1) is 10.8. The van der Waals surface area contributed by atoms with Crippen molar-refractivity contribution in [2.75, 3.05) is 13.1 Å². The number of oxazole rings is 1. The normalized spacial score (nSPS) is 18.9. The van der Waals surface area contributed by atoms with Crippen LogP contribution in [0.2, 0.25) is 0 Å². The lowest BCUT2D eigenvalue weighted by atomic mass is 10.0. The molecule has 0 atom stereocenters. The number of hydrogen-bond donors (Lipinski definition) is 0. The van der Waals surface area contributed by atoms with Gasteiger partial charge in [0.25, 0.3) is 5.56 Å². The van der Waals surface area contributed by atoms with E-state index in [-0.39, 0.29) is 5.56 Å². The van der Waals surface area contributed by atoms with Crippen LogP contribution in [0.1, 0.15) is 30.2 Å². The number of aryl methyl sites for hydroxylation is 2. The lowest BCUT2D eigenvalue weighted by Gasteiger charge is -2.38. The van der Waals surface area contributed by atoms with Gasteiger partial charge in [0.05, 0.1) is 18.8 Å². The van der Waals surface area contributed by atoms with Crippen molar-refractivity contribution in [3.05, 3.63) is 46.0 Å². The van der Waals surface area contributed by atoms with Gasteiger partial charge < -0.3 is 4.42 Å². The van der Waals surface area contributed by atoms with E-state index in [9.17, 15) is 4.79 Å². The minimum atomic E-state index is -0.0265. The molecular formula is C16H20N4O2. The molecule has 2 aliphatic rings. The zero-order valence-electron chi connectivity index (χ0n) is 12.6. The molecule has 6 heteroatoms. The fraction of sp³-hybridized carbons (Fsp3) is 0.562. The Morgan fingerprint density at radius 2 is 2.14 bits per heavy atom. The second-order valence-corrected chi connectivity index (χ2v) is 6.29. The Kier molecular flexibility index (Phi) is 3.54. The van der Waals surface area contributed by atoms with Gasteiger partial charge in [-0.15, -0.1) is 0 Å². The highest BCUT2D eigenvalue weighted by atomic mass is 16.4. The van der Waals surface area contributed by atoms with E-state index in [0.29, 0.717) is 12.5 Å². The van der Waals surface area contributed by atoms with Crippen molar-refractivity contribution >= 4 is 0 Å². The van der Waals surface area contributed by atoms with Crippen LogP contribution in [0.5, 0.6) is 0 Å². The summed E-state index contributed by atoms with van der Waals surface area (Å²) in [7, 11) is 0. The molecule has 2 aromatic heterocycles. The largest absolute Gasteiger partial charge is 0.444 e. The number of aromatic nitrogens is 3. The molecule has 0 aromatic carbocycles. The van der Waals surface area contributed by atoms with Crippen LogP contribution in [-0.4, -0.2) is 32.8 Å². The van der Waals surface area contributed by atoms with Gasteiger partial charge in [-0.3, -0.25) is 9.69 Å². The van der Waals surface area contributed by atoms with Crippen LogP contribution >= 0.6 is 0 Å². The van der Waals surface area contributed by atoms with Gasteiger partial charge in [0.1, 0.15) is 5.76 Å². The molecule has 0 bridgehead atoms. The van der Waals surface area contributed by atoms with Crippen LogP contribution in [0.25, 0.3) is 0 Å². The van der Waals surface area contributed by atoms with E-state index in [2.05, 4.69) is 15.0 Å². The van der Waals surface area contributed by atoms with Gasteiger partial charge >= 0.3 is 0 Å². The van der Waals surface area contributed by atoms with Gasteiger partial charge in [-0.2, -0.15) is 5.10 Å². The lowest BCUT2D eigenvalue weighted by molar-refractivity contribution is 0.0676. The molecule has 0 amide bonds. The first kappa shape index (κ1) is 13.7.